The number of piperazine rings is 1. The quantitative estimate of drug-likeness (QED) is 0.280. The van der Waals surface area contributed by atoms with Crippen LogP contribution in [0.2, 0.25) is 5.02 Å². The number of carbonyl (C=O) groups excluding carboxylic acids is 1. The third kappa shape index (κ3) is 5.16. The topological polar surface area (TPSA) is 103 Å². The molecular weight excluding hydrogens is 606 g/mol. The fourth-order valence-electron chi connectivity index (χ4n) is 5.95. The van der Waals surface area contributed by atoms with E-state index in [-0.39, 0.29) is 70.6 Å². The Morgan fingerprint density at radius 1 is 1.09 bits per heavy atom. The Labute approximate surface area is 262 Å². The van der Waals surface area contributed by atoms with Crippen molar-refractivity contribution in [3.63, 3.8) is 0 Å². The van der Waals surface area contributed by atoms with E-state index in [1.165, 1.54) is 10.6 Å². The first-order valence-electron chi connectivity index (χ1n) is 14.6. The van der Waals surface area contributed by atoms with Gasteiger partial charge in [0.2, 0.25) is 5.91 Å². The summed E-state index contributed by atoms with van der Waals surface area (Å²) < 4.78 is 43.7. The zero-order valence-electron chi connectivity index (χ0n) is 25.2. The molecule has 0 N–H and O–H groups in total. The number of rotatable bonds is 3. The van der Waals surface area contributed by atoms with E-state index in [4.69, 9.17) is 26.1 Å². The molecule has 1 amide bonds. The van der Waals surface area contributed by atoms with Gasteiger partial charge in [0.15, 0.2) is 17.2 Å². The highest BCUT2D eigenvalue weighted by molar-refractivity contribution is 6.34. The summed E-state index contributed by atoms with van der Waals surface area (Å²) in [6.07, 6.45) is 2.85. The molecule has 6 rings (SSSR count). The van der Waals surface area contributed by atoms with Crippen LogP contribution < -0.4 is 20.1 Å². The molecule has 0 saturated carbocycles. The summed E-state index contributed by atoms with van der Waals surface area (Å²) >= 11 is 6.82. The Kier molecular flexibility index (Phi) is 7.94. The van der Waals surface area contributed by atoms with Gasteiger partial charge in [-0.05, 0) is 44.0 Å². The minimum absolute atomic E-state index is 0.00456. The van der Waals surface area contributed by atoms with Crippen molar-refractivity contribution in [1.82, 2.24) is 24.4 Å². The molecule has 1 aromatic carbocycles. The van der Waals surface area contributed by atoms with Crippen molar-refractivity contribution in [2.24, 2.45) is 0 Å². The third-order valence-electron chi connectivity index (χ3n) is 8.09. The Hall–Kier alpha value is -4.58. The zero-order valence-corrected chi connectivity index (χ0v) is 25.9. The number of hydrogen-bond donors (Lipinski definition) is 0. The van der Waals surface area contributed by atoms with Crippen LogP contribution in [0.25, 0.3) is 28.0 Å². The summed E-state index contributed by atoms with van der Waals surface area (Å²) in [5, 5.41) is 0.377. The van der Waals surface area contributed by atoms with Crippen LogP contribution in [0, 0.1) is 11.6 Å². The molecule has 234 valence electrons. The highest BCUT2D eigenvalue weighted by Crippen LogP contribution is 2.42. The molecule has 0 unspecified atom stereocenters. The fourth-order valence-corrected chi connectivity index (χ4v) is 6.20. The molecular formula is C32H31ClF2N6O4. The molecule has 13 heteroatoms. The number of hydrogen-bond acceptors (Lipinski definition) is 8. The number of aromatic nitrogens is 4. The maximum Gasteiger partial charge on any atom is 0.356 e. The van der Waals surface area contributed by atoms with E-state index < -0.39 is 17.3 Å². The van der Waals surface area contributed by atoms with Crippen LogP contribution in [0.4, 0.5) is 14.6 Å². The Morgan fingerprint density at radius 2 is 1.82 bits per heavy atom. The van der Waals surface area contributed by atoms with E-state index in [1.54, 1.807) is 23.2 Å². The van der Waals surface area contributed by atoms with Gasteiger partial charge >= 0.3 is 5.69 Å². The number of halogens is 3. The molecule has 0 radical (unpaired) electrons. The highest BCUT2D eigenvalue weighted by atomic mass is 35.5. The van der Waals surface area contributed by atoms with Crippen LogP contribution in [-0.2, 0) is 4.79 Å². The lowest BCUT2D eigenvalue weighted by atomic mass is 10.0. The highest BCUT2D eigenvalue weighted by Gasteiger charge is 2.35. The third-order valence-corrected chi connectivity index (χ3v) is 8.37. The van der Waals surface area contributed by atoms with Crippen molar-refractivity contribution in [2.45, 2.75) is 45.7 Å². The maximum absolute atomic E-state index is 15.5. The monoisotopic (exact) mass is 636 g/mol. The van der Waals surface area contributed by atoms with Gasteiger partial charge in [-0.1, -0.05) is 32.0 Å². The average Bonchev–Trinajstić information content (AvgIpc) is 3.00. The number of pyridine rings is 2. The lowest BCUT2D eigenvalue weighted by molar-refractivity contribution is -0.128. The number of benzene rings is 1. The van der Waals surface area contributed by atoms with E-state index >= 15 is 8.78 Å². The Balaban J connectivity index is 1.70. The van der Waals surface area contributed by atoms with E-state index in [0.717, 1.165) is 12.1 Å². The minimum atomic E-state index is -0.810. The van der Waals surface area contributed by atoms with Gasteiger partial charge in [0.05, 0.1) is 27.4 Å². The molecule has 1 fully saturated rings. The van der Waals surface area contributed by atoms with Gasteiger partial charge in [0.1, 0.15) is 36.3 Å². The molecule has 2 atom stereocenters. The molecule has 4 aromatic rings. The minimum Gasteiger partial charge on any atom is -0.488 e. The zero-order chi connectivity index (χ0) is 32.2. The van der Waals surface area contributed by atoms with Crippen LogP contribution in [0.1, 0.15) is 39.3 Å². The summed E-state index contributed by atoms with van der Waals surface area (Å²) in [4.78, 5) is 44.2. The van der Waals surface area contributed by atoms with Gasteiger partial charge in [-0.3, -0.25) is 9.78 Å². The standard InChI is InChI=1S/C32H31ClF2N6O4/c1-6-24(42)39-14-18(5)40(15-17(39)4)30-19-13-20(33)27-25-21(34)7-8-22(35)29(25)45-12-11-44-23-9-10-36-26(16(2)3)28(23)41(31(19)37-27)32(43)38-30/h6-10,13,16-18H,1,11-12,14-15H2,2-5H3/t17-,18+/m0/s1. The van der Waals surface area contributed by atoms with Crippen molar-refractivity contribution in [2.75, 3.05) is 31.2 Å². The number of fused-ring (bicyclic) bond motifs is 5. The van der Waals surface area contributed by atoms with Gasteiger partial charge in [-0.15, -0.1) is 0 Å². The van der Waals surface area contributed by atoms with Crippen molar-refractivity contribution < 1.29 is 23.0 Å². The molecule has 0 spiro atoms. The van der Waals surface area contributed by atoms with Crippen LogP contribution in [-0.4, -0.2) is 68.7 Å². The van der Waals surface area contributed by atoms with Crippen molar-refractivity contribution in [3.8, 4) is 28.4 Å². The van der Waals surface area contributed by atoms with Gasteiger partial charge < -0.3 is 19.3 Å². The molecule has 10 nitrogen and oxygen atoms in total. The number of carbonyl (C=O) groups is 1. The van der Waals surface area contributed by atoms with Gasteiger partial charge in [0, 0.05) is 37.4 Å². The molecule has 2 aliphatic rings. The number of ether oxygens (including phenoxy) is 2. The van der Waals surface area contributed by atoms with Crippen molar-refractivity contribution in [3.05, 3.63) is 76.0 Å². The summed E-state index contributed by atoms with van der Waals surface area (Å²) in [6, 6.07) is 4.59. The second kappa shape index (κ2) is 11.7. The lowest BCUT2D eigenvalue weighted by Gasteiger charge is -2.44. The average molecular weight is 637 g/mol. The fraction of sp³-hybridized carbons (Fsp3) is 0.344. The first kappa shape index (κ1) is 30.4. The summed E-state index contributed by atoms with van der Waals surface area (Å²) in [5.41, 5.74) is -0.126. The Bertz CT molecular complexity index is 1920. The molecule has 1 saturated heterocycles. The largest absolute Gasteiger partial charge is 0.488 e. The molecule has 3 aromatic heterocycles. The van der Waals surface area contributed by atoms with Gasteiger partial charge in [-0.25, -0.2) is 23.1 Å². The normalized spacial score (nSPS) is 18.0. The summed E-state index contributed by atoms with van der Waals surface area (Å²) in [6.45, 7) is 11.8. The van der Waals surface area contributed by atoms with Crippen molar-refractivity contribution >= 4 is 34.4 Å². The molecule has 2 bridgehead atoms. The van der Waals surface area contributed by atoms with E-state index in [2.05, 4.69) is 16.5 Å². The first-order valence-corrected chi connectivity index (χ1v) is 15.0. The smallest absolute Gasteiger partial charge is 0.356 e. The molecule has 0 aliphatic carbocycles. The predicted octanol–water partition coefficient (Wildman–Crippen LogP) is 5.28. The van der Waals surface area contributed by atoms with Crippen LogP contribution in [0.15, 0.2) is 47.9 Å². The lowest BCUT2D eigenvalue weighted by Crippen LogP contribution is -2.58. The van der Waals surface area contributed by atoms with E-state index in [0.29, 0.717) is 35.6 Å². The summed E-state index contributed by atoms with van der Waals surface area (Å²) in [5.74, 6) is -1.74. The number of anilines is 1. The number of amides is 1. The predicted molar refractivity (Wildman–Crippen MR) is 167 cm³/mol. The van der Waals surface area contributed by atoms with Crippen LogP contribution in [0.5, 0.6) is 11.5 Å². The van der Waals surface area contributed by atoms with E-state index in [9.17, 15) is 9.59 Å². The maximum atomic E-state index is 15.5. The molecule has 45 heavy (non-hydrogen) atoms. The second-order valence-corrected chi connectivity index (χ2v) is 11.8. The SMILES string of the molecule is C=CC(=O)N1C[C@@H](C)N(c2nc(=O)n3c4nc(c(Cl)cc24)-c2c(F)ccc(F)c2OCCOc2ccnc(C(C)C)c2-3)C[C@@H]1C. The second-order valence-electron chi connectivity index (χ2n) is 11.4. The first-order chi connectivity index (χ1) is 21.5. The van der Waals surface area contributed by atoms with E-state index in [1.807, 2.05) is 32.6 Å². The van der Waals surface area contributed by atoms with Gasteiger partial charge in [-0.2, -0.15) is 4.98 Å². The number of nitrogens with zero attached hydrogens (tertiary/aromatic N) is 6. The Morgan fingerprint density at radius 3 is 2.56 bits per heavy atom. The summed E-state index contributed by atoms with van der Waals surface area (Å²) in [7, 11) is 0. The van der Waals surface area contributed by atoms with Crippen LogP contribution >= 0.6 is 11.6 Å². The molecule has 5 heterocycles. The van der Waals surface area contributed by atoms with Gasteiger partial charge in [0.25, 0.3) is 0 Å². The molecule has 2 aliphatic heterocycles. The van der Waals surface area contributed by atoms with Crippen LogP contribution in [0.3, 0.4) is 0 Å². The van der Waals surface area contributed by atoms with Crippen molar-refractivity contribution in [1.29, 1.82) is 0 Å².